The number of furan rings is 1. The molecule has 1 atom stereocenters. The largest absolute Gasteiger partial charge is 0.480 e. The molecule has 3 aromatic rings. The third-order valence-electron chi connectivity index (χ3n) is 4.11. The summed E-state index contributed by atoms with van der Waals surface area (Å²) < 4.78 is 11.2. The average molecular weight is 360 g/mol. The Morgan fingerprint density at radius 1 is 1.07 bits per heavy atom. The van der Waals surface area contributed by atoms with Gasteiger partial charge in [0.1, 0.15) is 17.6 Å². The molecule has 0 spiro atoms. The molecule has 27 heavy (non-hydrogen) atoms. The summed E-state index contributed by atoms with van der Waals surface area (Å²) in [5, 5.41) is 9.21. The molecule has 0 fully saturated rings. The van der Waals surface area contributed by atoms with E-state index < -0.39 is 6.10 Å². The second-order valence-corrected chi connectivity index (χ2v) is 6.13. The summed E-state index contributed by atoms with van der Waals surface area (Å²) in [5.41, 5.74) is 1.42. The first-order valence-electron chi connectivity index (χ1n) is 8.68. The molecule has 1 amide bonds. The molecule has 0 aliphatic carbocycles. The van der Waals surface area contributed by atoms with Crippen LogP contribution in [0.25, 0.3) is 0 Å². The number of ether oxygens (including phenoxy) is 1. The standard InChI is InChI=1S/C22H20N2O3/c1-17(27-21-12-6-5-10-19(21)14-23)22(25)24(16-20-11-7-13-26-20)15-18-8-3-2-4-9-18/h2-13,17H,15-16H2,1H3. The molecule has 5 heteroatoms. The van der Waals surface area contributed by atoms with Crippen LogP contribution in [0.3, 0.4) is 0 Å². The van der Waals surface area contributed by atoms with Crippen molar-refractivity contribution in [2.45, 2.75) is 26.1 Å². The van der Waals surface area contributed by atoms with E-state index in [2.05, 4.69) is 6.07 Å². The molecule has 0 aliphatic rings. The van der Waals surface area contributed by atoms with Gasteiger partial charge in [-0.1, -0.05) is 42.5 Å². The van der Waals surface area contributed by atoms with Crippen LogP contribution in [0, 0.1) is 11.3 Å². The minimum Gasteiger partial charge on any atom is -0.480 e. The van der Waals surface area contributed by atoms with Gasteiger partial charge in [0.2, 0.25) is 0 Å². The highest BCUT2D eigenvalue weighted by Gasteiger charge is 2.24. The van der Waals surface area contributed by atoms with Crippen LogP contribution in [-0.4, -0.2) is 16.9 Å². The maximum Gasteiger partial charge on any atom is 0.264 e. The van der Waals surface area contributed by atoms with Crippen molar-refractivity contribution in [2.24, 2.45) is 0 Å². The van der Waals surface area contributed by atoms with E-state index in [0.717, 1.165) is 5.56 Å². The Balaban J connectivity index is 1.77. The van der Waals surface area contributed by atoms with Crippen molar-refractivity contribution in [2.75, 3.05) is 0 Å². The number of benzene rings is 2. The zero-order valence-corrected chi connectivity index (χ0v) is 15.0. The highest BCUT2D eigenvalue weighted by molar-refractivity contribution is 5.81. The van der Waals surface area contributed by atoms with E-state index in [0.29, 0.717) is 30.2 Å². The molecule has 0 radical (unpaired) electrons. The summed E-state index contributed by atoms with van der Waals surface area (Å²) in [6, 6.07) is 22.4. The number of nitrogens with zero attached hydrogens (tertiary/aromatic N) is 2. The Labute approximate surface area is 158 Å². The topological polar surface area (TPSA) is 66.5 Å². The second-order valence-electron chi connectivity index (χ2n) is 6.13. The first-order chi connectivity index (χ1) is 13.2. The number of hydrogen-bond acceptors (Lipinski definition) is 4. The molecular formula is C22H20N2O3. The van der Waals surface area contributed by atoms with E-state index >= 15 is 0 Å². The van der Waals surface area contributed by atoms with Crippen molar-refractivity contribution >= 4 is 5.91 Å². The predicted octanol–water partition coefficient (Wildman–Crippen LogP) is 4.15. The van der Waals surface area contributed by atoms with Crippen molar-refractivity contribution < 1.29 is 13.9 Å². The number of para-hydroxylation sites is 1. The first kappa shape index (κ1) is 18.3. The number of carbonyl (C=O) groups excluding carboxylic acids is 1. The monoisotopic (exact) mass is 360 g/mol. The smallest absolute Gasteiger partial charge is 0.264 e. The lowest BCUT2D eigenvalue weighted by atomic mass is 10.2. The van der Waals surface area contributed by atoms with E-state index in [4.69, 9.17) is 9.15 Å². The van der Waals surface area contributed by atoms with E-state index in [1.54, 1.807) is 48.4 Å². The number of carbonyl (C=O) groups is 1. The molecular weight excluding hydrogens is 340 g/mol. The van der Waals surface area contributed by atoms with E-state index in [1.807, 2.05) is 36.4 Å². The van der Waals surface area contributed by atoms with Crippen LogP contribution >= 0.6 is 0 Å². The van der Waals surface area contributed by atoms with Gasteiger partial charge in [0.25, 0.3) is 5.91 Å². The van der Waals surface area contributed by atoms with Crippen molar-refractivity contribution in [1.82, 2.24) is 4.90 Å². The molecule has 1 aromatic heterocycles. The van der Waals surface area contributed by atoms with Gasteiger partial charge in [0.15, 0.2) is 6.10 Å². The van der Waals surface area contributed by atoms with Crippen LogP contribution in [0.4, 0.5) is 0 Å². The Bertz CT molecular complexity index is 914. The Kier molecular flexibility index (Phi) is 5.91. The molecule has 0 saturated carbocycles. The highest BCUT2D eigenvalue weighted by atomic mass is 16.5. The summed E-state index contributed by atoms with van der Waals surface area (Å²) in [4.78, 5) is 14.7. The molecule has 1 heterocycles. The third kappa shape index (κ3) is 4.77. The van der Waals surface area contributed by atoms with Gasteiger partial charge in [-0.05, 0) is 36.8 Å². The van der Waals surface area contributed by atoms with Crippen LogP contribution < -0.4 is 4.74 Å². The van der Waals surface area contributed by atoms with Crippen molar-refractivity contribution in [3.63, 3.8) is 0 Å². The Morgan fingerprint density at radius 3 is 2.52 bits per heavy atom. The molecule has 1 unspecified atom stereocenters. The summed E-state index contributed by atoms with van der Waals surface area (Å²) >= 11 is 0. The molecule has 3 rings (SSSR count). The number of hydrogen-bond donors (Lipinski definition) is 0. The van der Waals surface area contributed by atoms with Crippen LogP contribution in [0.5, 0.6) is 5.75 Å². The normalized spacial score (nSPS) is 11.4. The summed E-state index contributed by atoms with van der Waals surface area (Å²) in [6.45, 7) is 2.47. The lowest BCUT2D eigenvalue weighted by Gasteiger charge is -2.25. The van der Waals surface area contributed by atoms with Gasteiger partial charge in [-0.2, -0.15) is 5.26 Å². The fourth-order valence-electron chi connectivity index (χ4n) is 2.77. The molecule has 5 nitrogen and oxygen atoms in total. The number of amides is 1. The second kappa shape index (κ2) is 8.72. The molecule has 2 aromatic carbocycles. The van der Waals surface area contributed by atoms with Gasteiger partial charge >= 0.3 is 0 Å². The van der Waals surface area contributed by atoms with Crippen LogP contribution in [0.1, 0.15) is 23.8 Å². The van der Waals surface area contributed by atoms with Gasteiger partial charge in [-0.15, -0.1) is 0 Å². The zero-order chi connectivity index (χ0) is 19.1. The van der Waals surface area contributed by atoms with E-state index in [-0.39, 0.29) is 5.91 Å². The minimum atomic E-state index is -0.738. The lowest BCUT2D eigenvalue weighted by molar-refractivity contribution is -0.139. The summed E-state index contributed by atoms with van der Waals surface area (Å²) in [6.07, 6.45) is 0.849. The lowest BCUT2D eigenvalue weighted by Crippen LogP contribution is -2.39. The summed E-state index contributed by atoms with van der Waals surface area (Å²) in [7, 11) is 0. The van der Waals surface area contributed by atoms with Crippen molar-refractivity contribution in [1.29, 1.82) is 5.26 Å². The Morgan fingerprint density at radius 2 is 1.81 bits per heavy atom. The van der Waals surface area contributed by atoms with E-state index in [9.17, 15) is 10.1 Å². The zero-order valence-electron chi connectivity index (χ0n) is 15.0. The van der Waals surface area contributed by atoms with Gasteiger partial charge in [-0.25, -0.2) is 0 Å². The molecule has 0 aliphatic heterocycles. The van der Waals surface area contributed by atoms with Crippen molar-refractivity contribution in [3.05, 3.63) is 89.9 Å². The molecule has 136 valence electrons. The van der Waals surface area contributed by atoms with Gasteiger partial charge in [0.05, 0.1) is 18.4 Å². The van der Waals surface area contributed by atoms with E-state index in [1.165, 1.54) is 0 Å². The summed E-state index contributed by atoms with van der Waals surface area (Å²) in [5.74, 6) is 0.922. The minimum absolute atomic E-state index is 0.178. The first-order valence-corrected chi connectivity index (χ1v) is 8.68. The fourth-order valence-corrected chi connectivity index (χ4v) is 2.77. The fraction of sp³-hybridized carbons (Fsp3) is 0.182. The van der Waals surface area contributed by atoms with Crippen LogP contribution in [0.2, 0.25) is 0 Å². The predicted molar refractivity (Wildman–Crippen MR) is 101 cm³/mol. The van der Waals surface area contributed by atoms with Gasteiger partial charge in [0, 0.05) is 6.54 Å². The third-order valence-corrected chi connectivity index (χ3v) is 4.11. The van der Waals surface area contributed by atoms with Crippen molar-refractivity contribution in [3.8, 4) is 11.8 Å². The maximum absolute atomic E-state index is 13.1. The van der Waals surface area contributed by atoms with Gasteiger partial charge in [-0.3, -0.25) is 4.79 Å². The average Bonchev–Trinajstić information content (AvgIpc) is 3.21. The number of rotatable bonds is 7. The molecule has 0 saturated heterocycles. The van der Waals surface area contributed by atoms with Gasteiger partial charge < -0.3 is 14.1 Å². The molecule has 0 bridgehead atoms. The molecule has 0 N–H and O–H groups in total. The SMILES string of the molecule is CC(Oc1ccccc1C#N)C(=O)N(Cc1ccccc1)Cc1ccco1. The van der Waals surface area contributed by atoms with Crippen LogP contribution in [-0.2, 0) is 17.9 Å². The number of nitriles is 1. The quantitative estimate of drug-likeness (QED) is 0.635. The highest BCUT2D eigenvalue weighted by Crippen LogP contribution is 2.20. The van der Waals surface area contributed by atoms with Crippen LogP contribution in [0.15, 0.2) is 77.4 Å². The Hall–Kier alpha value is -3.52. The maximum atomic E-state index is 13.1.